The first-order chi connectivity index (χ1) is 39.9. The second kappa shape index (κ2) is 25.2. The number of fused-ring (bicyclic) bond motifs is 3. The number of nitrogens with zero attached hydrogens (tertiary/aromatic N) is 9. The molecule has 0 spiro atoms. The molecule has 2 saturated heterocycles. The van der Waals surface area contributed by atoms with Crippen LogP contribution in [0.5, 0.6) is 11.8 Å². The molecule has 9 aromatic rings. The monoisotopic (exact) mass is 1170 g/mol. The van der Waals surface area contributed by atoms with E-state index in [1.807, 2.05) is 0 Å². The Kier molecular flexibility index (Phi) is 17.7. The van der Waals surface area contributed by atoms with Crippen LogP contribution in [0.25, 0.3) is 67.3 Å². The zero-order valence-corrected chi connectivity index (χ0v) is 44.5. The van der Waals surface area contributed by atoms with E-state index in [1.54, 1.807) is 36.4 Å². The molecule has 18 nitrogen and oxygen atoms in total. The Labute approximate surface area is 475 Å². The van der Waals surface area contributed by atoms with Crippen LogP contribution < -0.4 is 25.4 Å². The number of nitrogens with one attached hydrogen (secondary N) is 6. The fourth-order valence-electron chi connectivity index (χ4n) is 10.3. The first-order valence-electron chi connectivity index (χ1n) is 27.2. The van der Waals surface area contributed by atoms with Gasteiger partial charge in [-0.2, -0.15) is 54.8 Å². The summed E-state index contributed by atoms with van der Waals surface area (Å²) in [6.07, 6.45) is 1.55. The molecule has 0 bridgehead atoms. The number of hydrogen-bond donors (Lipinski definition) is 7. The van der Waals surface area contributed by atoms with E-state index in [0.717, 1.165) is 82.8 Å². The maximum atomic E-state index is 13.6. The molecule has 0 amide bonds. The van der Waals surface area contributed by atoms with Gasteiger partial charge in [-0.3, -0.25) is 15.3 Å². The predicted octanol–water partition coefficient (Wildman–Crippen LogP) is 12.7. The summed E-state index contributed by atoms with van der Waals surface area (Å²) in [5, 5.41) is 41.6. The molecule has 12 rings (SSSR count). The Balaban J connectivity index is 0.000000234. The minimum Gasteiger partial charge on any atom is -0.478 e. The highest BCUT2D eigenvalue weighted by molar-refractivity contribution is 5.92. The zero-order valence-electron chi connectivity index (χ0n) is 44.5. The third kappa shape index (κ3) is 14.2. The molecule has 0 radical (unpaired) electrons. The second-order valence-electron chi connectivity index (χ2n) is 20.5. The molecule has 11 heterocycles. The van der Waals surface area contributed by atoms with E-state index >= 15 is 0 Å². The summed E-state index contributed by atoms with van der Waals surface area (Å²) < 4.78 is 133. The van der Waals surface area contributed by atoms with Gasteiger partial charge in [-0.25, -0.2) is 29.9 Å². The number of aromatic nitrogens is 12. The maximum absolute atomic E-state index is 13.6. The lowest BCUT2D eigenvalue weighted by Gasteiger charge is -2.32. The fraction of sp³-hybridized carbons (Fsp3) is 0.411. The van der Waals surface area contributed by atoms with Gasteiger partial charge >= 0.3 is 18.5 Å². The van der Waals surface area contributed by atoms with Gasteiger partial charge < -0.3 is 30.5 Å². The molecule has 83 heavy (non-hydrogen) atoms. The van der Waals surface area contributed by atoms with Crippen molar-refractivity contribution >= 4 is 38.9 Å². The lowest BCUT2D eigenvalue weighted by Crippen LogP contribution is -2.39. The van der Waals surface area contributed by atoms with Crippen molar-refractivity contribution in [2.24, 2.45) is 5.92 Å². The van der Waals surface area contributed by atoms with Crippen molar-refractivity contribution in [3.63, 3.8) is 0 Å². The SMILES string of the molecule is FC(F)(F)c1ccc(OCC2CCCNC2)nc1-c1[nH]nc2ncccc12.FC(F)(F)c1ccc(OCCC2CCCCN2)nc1-c1[nH]nc2ncccc12.OC1(CNc2ccc(C(F)(F)F)c(-c3[nH]nc4ncccc34)n2)CCCCC1.[HH].[HH].[HH].[HH].[HH]. The van der Waals surface area contributed by atoms with Crippen molar-refractivity contribution in [3.8, 4) is 45.9 Å². The van der Waals surface area contributed by atoms with Gasteiger partial charge in [0.1, 0.15) is 22.9 Å². The van der Waals surface area contributed by atoms with E-state index in [-0.39, 0.29) is 65.4 Å². The quantitative estimate of drug-likeness (QED) is 0.0532. The van der Waals surface area contributed by atoms with Gasteiger partial charge in [-0.1, -0.05) is 25.7 Å². The molecule has 7 N–H and O–H groups in total. The average Bonchev–Trinajstić information content (AvgIpc) is 4.38. The summed E-state index contributed by atoms with van der Waals surface area (Å²) in [6, 6.07) is 17.1. The lowest BCUT2D eigenvalue weighted by atomic mass is 9.85. The number of aromatic amines is 3. The minimum atomic E-state index is -4.57. The average molecular weight is 1170 g/mol. The Bertz CT molecular complexity index is 3630. The number of ether oxygens (including phenoxy) is 2. The van der Waals surface area contributed by atoms with E-state index in [2.05, 4.69) is 76.4 Å². The number of rotatable bonds is 13. The van der Waals surface area contributed by atoms with E-state index in [1.165, 1.54) is 49.6 Å². The van der Waals surface area contributed by atoms with Crippen LogP contribution >= 0.6 is 0 Å². The van der Waals surface area contributed by atoms with Gasteiger partial charge in [-0.05, 0) is 119 Å². The van der Waals surface area contributed by atoms with Gasteiger partial charge in [0.15, 0.2) is 16.9 Å². The molecule has 448 valence electrons. The third-order valence-corrected chi connectivity index (χ3v) is 14.6. The van der Waals surface area contributed by atoms with Crippen LogP contribution in [0.1, 0.15) is 94.5 Å². The number of H-pyrrole nitrogens is 3. The smallest absolute Gasteiger partial charge is 0.418 e. The Morgan fingerprint density at radius 1 is 0.566 bits per heavy atom. The number of halogens is 9. The van der Waals surface area contributed by atoms with Crippen LogP contribution in [-0.4, -0.2) is 117 Å². The highest BCUT2D eigenvalue weighted by Crippen LogP contribution is 2.42. The van der Waals surface area contributed by atoms with E-state index in [4.69, 9.17) is 9.47 Å². The first kappa shape index (κ1) is 58.2. The topological polar surface area (TPSA) is 238 Å². The van der Waals surface area contributed by atoms with Crippen molar-refractivity contribution in [2.45, 2.75) is 101 Å². The normalized spacial score (nSPS) is 17.6. The molecule has 9 aromatic heterocycles. The van der Waals surface area contributed by atoms with Crippen molar-refractivity contribution < 1.29 is 61.2 Å². The number of aliphatic hydroxyl groups is 1. The predicted molar refractivity (Wildman–Crippen MR) is 300 cm³/mol. The second-order valence-corrected chi connectivity index (χ2v) is 20.5. The summed E-state index contributed by atoms with van der Waals surface area (Å²) in [5.41, 5.74) is -2.62. The molecule has 3 aliphatic rings. The molecular weight excluding hydrogens is 1100 g/mol. The first-order valence-corrected chi connectivity index (χ1v) is 27.2. The maximum Gasteiger partial charge on any atom is 0.418 e. The Hall–Kier alpha value is -8.04. The summed E-state index contributed by atoms with van der Waals surface area (Å²) in [7, 11) is 0. The highest BCUT2D eigenvalue weighted by Gasteiger charge is 2.39. The van der Waals surface area contributed by atoms with Crippen LogP contribution in [0.3, 0.4) is 0 Å². The lowest BCUT2D eigenvalue weighted by molar-refractivity contribution is -0.138. The number of hydrogen-bond acceptors (Lipinski definition) is 15. The van der Waals surface area contributed by atoms with Gasteiger partial charge in [0.25, 0.3) is 0 Å². The van der Waals surface area contributed by atoms with Crippen LogP contribution in [-0.2, 0) is 18.5 Å². The molecule has 2 atom stereocenters. The van der Waals surface area contributed by atoms with E-state index in [0.29, 0.717) is 71.1 Å². The summed E-state index contributed by atoms with van der Waals surface area (Å²) in [4.78, 5) is 24.7. The van der Waals surface area contributed by atoms with Crippen molar-refractivity contribution in [3.05, 3.63) is 108 Å². The van der Waals surface area contributed by atoms with Crippen LogP contribution in [0, 0.1) is 5.92 Å². The standard InChI is InChI=1S/2C19H20F3N5O.C18H18F3N5O.5H2/c20-19(21,22)14-6-7-15(28-11-8-12-4-1-2-9-23-12)25-17(14)16-13-5-3-10-24-18(13)27-26-16;20-19(21,22)13-6-7-14(24-11-18(28)8-2-1-3-9-18)25-16(13)15-12-5-4-10-23-17(12)27-26-15;19-18(20,21)13-5-6-14(27-10-11-3-1-7-22-9-11)24-16(13)15-12-4-2-8-23-17(12)26-25-15;;;;;/h3,5-7,10,12,23H,1-2,4,8-9,11H2,(H,24,26,27);4-7,10,28H,1-3,8-9,11H2,(H,24,25)(H,23,26,27);2,4-6,8,11,22H,1,3,7,9-10H2,(H,23,25,26);5*1H. The molecule has 1 aliphatic carbocycles. The van der Waals surface area contributed by atoms with Crippen LogP contribution in [0.4, 0.5) is 45.3 Å². The molecule has 27 heteroatoms. The van der Waals surface area contributed by atoms with E-state index in [9.17, 15) is 44.6 Å². The fourth-order valence-corrected chi connectivity index (χ4v) is 10.3. The van der Waals surface area contributed by atoms with Gasteiger partial charge in [0.05, 0.1) is 52.6 Å². The molecule has 2 unspecified atom stereocenters. The summed E-state index contributed by atoms with van der Waals surface area (Å²) in [5.74, 6) is 0.915. The molecular formula is C56H68F9N15O3. The third-order valence-electron chi connectivity index (χ3n) is 14.6. The van der Waals surface area contributed by atoms with Crippen molar-refractivity contribution in [1.82, 2.24) is 71.1 Å². The van der Waals surface area contributed by atoms with E-state index < -0.39 is 40.8 Å². The van der Waals surface area contributed by atoms with Crippen molar-refractivity contribution in [2.75, 3.05) is 44.7 Å². The zero-order chi connectivity index (χ0) is 58.2. The van der Waals surface area contributed by atoms with Crippen LogP contribution in [0.2, 0.25) is 0 Å². The highest BCUT2D eigenvalue weighted by atomic mass is 19.4. The molecule has 2 aliphatic heterocycles. The summed E-state index contributed by atoms with van der Waals surface area (Å²) in [6.45, 7) is 3.87. The minimum absolute atomic E-state index is 0. The number of piperidine rings is 2. The number of anilines is 1. The molecule has 0 aromatic carbocycles. The van der Waals surface area contributed by atoms with Gasteiger partial charge in [0.2, 0.25) is 11.8 Å². The summed E-state index contributed by atoms with van der Waals surface area (Å²) >= 11 is 0. The van der Waals surface area contributed by atoms with Crippen molar-refractivity contribution in [1.29, 1.82) is 0 Å². The number of alkyl halides is 9. The van der Waals surface area contributed by atoms with Crippen LogP contribution in [0.15, 0.2) is 91.4 Å². The number of pyridine rings is 6. The molecule has 1 saturated carbocycles. The Morgan fingerprint density at radius 2 is 1.07 bits per heavy atom. The molecule has 3 fully saturated rings. The largest absolute Gasteiger partial charge is 0.478 e. The Morgan fingerprint density at radius 3 is 1.55 bits per heavy atom. The van der Waals surface area contributed by atoms with Gasteiger partial charge in [0, 0.05) is 79.1 Å². The van der Waals surface area contributed by atoms with Gasteiger partial charge in [-0.15, -0.1) is 0 Å².